The molecule has 0 heterocycles. The molecule has 2 nitrogen and oxygen atoms in total. The van der Waals surface area contributed by atoms with Crippen molar-refractivity contribution >= 4 is 27.5 Å². The molecule has 1 aromatic carbocycles. The van der Waals surface area contributed by atoms with E-state index in [4.69, 9.17) is 17.4 Å². The molecule has 0 saturated heterocycles. The van der Waals surface area contributed by atoms with Gasteiger partial charge in [0.1, 0.15) is 0 Å². The third kappa shape index (κ3) is 3.52. The van der Waals surface area contributed by atoms with E-state index >= 15 is 0 Å². The van der Waals surface area contributed by atoms with E-state index in [9.17, 15) is 0 Å². The maximum Gasteiger partial charge on any atom is 0.0548 e. The number of hydrogen-bond acceptors (Lipinski definition) is 2. The van der Waals surface area contributed by atoms with Gasteiger partial charge < -0.3 is 0 Å². The monoisotopic (exact) mass is 344 g/mol. The van der Waals surface area contributed by atoms with Crippen LogP contribution in [0.2, 0.25) is 5.02 Å². The zero-order valence-corrected chi connectivity index (χ0v) is 13.7. The first-order valence-electron chi connectivity index (χ1n) is 7.08. The van der Waals surface area contributed by atoms with Crippen molar-refractivity contribution in [2.24, 2.45) is 17.7 Å². The number of halogens is 2. The van der Waals surface area contributed by atoms with Crippen LogP contribution in [0.1, 0.15) is 50.6 Å². The number of rotatable bonds is 4. The first-order valence-corrected chi connectivity index (χ1v) is 8.25. The minimum Gasteiger partial charge on any atom is -0.271 e. The molecule has 19 heavy (non-hydrogen) atoms. The van der Waals surface area contributed by atoms with Gasteiger partial charge in [-0.1, -0.05) is 50.3 Å². The summed E-state index contributed by atoms with van der Waals surface area (Å²) in [5, 5.41) is 0.746. The van der Waals surface area contributed by atoms with Gasteiger partial charge in [0.15, 0.2) is 0 Å². The van der Waals surface area contributed by atoms with E-state index in [2.05, 4.69) is 40.4 Å². The molecule has 106 valence electrons. The normalized spacial score (nSPS) is 25.3. The maximum absolute atomic E-state index is 6.07. The van der Waals surface area contributed by atoms with Gasteiger partial charge >= 0.3 is 0 Å². The summed E-state index contributed by atoms with van der Waals surface area (Å²) in [6, 6.07) is 6.33. The predicted octanol–water partition coefficient (Wildman–Crippen LogP) is 4.82. The van der Waals surface area contributed by atoms with Crippen molar-refractivity contribution in [3.8, 4) is 0 Å². The molecule has 1 aliphatic carbocycles. The Kier molecular flexibility index (Phi) is 5.70. The minimum atomic E-state index is 0.221. The van der Waals surface area contributed by atoms with Crippen LogP contribution in [-0.4, -0.2) is 0 Å². The van der Waals surface area contributed by atoms with Gasteiger partial charge in [0.25, 0.3) is 0 Å². The summed E-state index contributed by atoms with van der Waals surface area (Å²) in [6.07, 6.45) is 6.49. The number of nitrogens with two attached hydrogens (primary N) is 1. The number of nitrogens with one attached hydrogen (secondary N) is 1. The fourth-order valence-corrected chi connectivity index (χ4v) is 3.87. The van der Waals surface area contributed by atoms with Crippen LogP contribution in [-0.2, 0) is 0 Å². The molecule has 2 rings (SSSR count). The van der Waals surface area contributed by atoms with E-state index in [0.29, 0.717) is 5.92 Å². The Labute approximate surface area is 129 Å². The van der Waals surface area contributed by atoms with E-state index in [1.807, 2.05) is 6.07 Å². The smallest absolute Gasteiger partial charge is 0.0548 e. The van der Waals surface area contributed by atoms with Crippen LogP contribution < -0.4 is 11.3 Å². The highest BCUT2D eigenvalue weighted by Crippen LogP contribution is 2.40. The van der Waals surface area contributed by atoms with E-state index < -0.39 is 0 Å². The standard InChI is InChI=1S/C15H22BrClN2/c1-2-10-5-3-4-6-12(10)15(19-18)11-7-8-14(17)13(16)9-11/h7-10,12,15,19H,2-6,18H2,1H3. The van der Waals surface area contributed by atoms with E-state index in [0.717, 1.165) is 15.4 Å². The average molecular weight is 346 g/mol. The molecule has 1 fully saturated rings. The molecule has 1 aromatic rings. The highest BCUT2D eigenvalue weighted by Gasteiger charge is 2.31. The van der Waals surface area contributed by atoms with Crippen LogP contribution in [0.5, 0.6) is 0 Å². The third-order valence-corrected chi connectivity index (χ3v) is 5.62. The molecule has 0 amide bonds. The Hall–Kier alpha value is -0.0900. The number of hydrazine groups is 1. The Morgan fingerprint density at radius 3 is 2.79 bits per heavy atom. The zero-order chi connectivity index (χ0) is 13.8. The lowest BCUT2D eigenvalue weighted by atomic mass is 9.72. The first kappa shape index (κ1) is 15.3. The summed E-state index contributed by atoms with van der Waals surface area (Å²) < 4.78 is 0.941. The van der Waals surface area contributed by atoms with Crippen LogP contribution in [0.3, 0.4) is 0 Å². The van der Waals surface area contributed by atoms with Gasteiger partial charge in [0, 0.05) is 10.5 Å². The Morgan fingerprint density at radius 2 is 2.16 bits per heavy atom. The number of hydrogen-bond donors (Lipinski definition) is 2. The first-order chi connectivity index (χ1) is 9.17. The molecule has 3 unspecified atom stereocenters. The molecule has 0 aromatic heterocycles. The fraction of sp³-hybridized carbons (Fsp3) is 0.600. The molecule has 0 bridgehead atoms. The molecular weight excluding hydrogens is 324 g/mol. The van der Waals surface area contributed by atoms with Gasteiger partial charge in [-0.2, -0.15) is 0 Å². The van der Waals surface area contributed by atoms with E-state index in [1.165, 1.54) is 37.7 Å². The van der Waals surface area contributed by atoms with Gasteiger partial charge in [-0.25, -0.2) is 0 Å². The molecule has 3 N–H and O–H groups in total. The predicted molar refractivity (Wildman–Crippen MR) is 85.0 cm³/mol. The SMILES string of the molecule is CCC1CCCCC1C(NN)c1ccc(Cl)c(Br)c1. The Bertz CT molecular complexity index is 425. The molecular formula is C15H22BrClN2. The van der Waals surface area contributed by atoms with Crippen LogP contribution >= 0.6 is 27.5 Å². The third-order valence-electron chi connectivity index (χ3n) is 4.40. The van der Waals surface area contributed by atoms with Gasteiger partial charge in [-0.05, 0) is 51.9 Å². The summed E-state index contributed by atoms with van der Waals surface area (Å²) in [5.41, 5.74) is 4.26. The summed E-state index contributed by atoms with van der Waals surface area (Å²) in [6.45, 7) is 2.29. The minimum absolute atomic E-state index is 0.221. The quantitative estimate of drug-likeness (QED) is 0.606. The van der Waals surface area contributed by atoms with Gasteiger partial charge in [-0.3, -0.25) is 11.3 Å². The van der Waals surface area contributed by atoms with Crippen molar-refractivity contribution in [2.45, 2.75) is 45.1 Å². The lowest BCUT2D eigenvalue weighted by Gasteiger charge is -2.37. The van der Waals surface area contributed by atoms with E-state index in [1.54, 1.807) is 0 Å². The molecule has 3 atom stereocenters. The second-order valence-corrected chi connectivity index (χ2v) is 6.70. The van der Waals surface area contributed by atoms with Gasteiger partial charge in [0.05, 0.1) is 5.02 Å². The van der Waals surface area contributed by atoms with Gasteiger partial charge in [0.2, 0.25) is 0 Å². The second-order valence-electron chi connectivity index (χ2n) is 5.43. The second kappa shape index (κ2) is 7.07. The maximum atomic E-state index is 6.07. The van der Waals surface area contributed by atoms with Crippen molar-refractivity contribution in [1.29, 1.82) is 0 Å². The van der Waals surface area contributed by atoms with Gasteiger partial charge in [-0.15, -0.1) is 0 Å². The molecule has 0 spiro atoms. The summed E-state index contributed by atoms with van der Waals surface area (Å²) in [4.78, 5) is 0. The lowest BCUT2D eigenvalue weighted by Crippen LogP contribution is -2.38. The van der Waals surface area contributed by atoms with Crippen LogP contribution in [0.15, 0.2) is 22.7 Å². The van der Waals surface area contributed by atoms with Crippen LogP contribution in [0.25, 0.3) is 0 Å². The van der Waals surface area contributed by atoms with Crippen LogP contribution in [0, 0.1) is 11.8 Å². The highest BCUT2D eigenvalue weighted by molar-refractivity contribution is 9.10. The molecule has 0 aliphatic heterocycles. The van der Waals surface area contributed by atoms with E-state index in [-0.39, 0.29) is 6.04 Å². The van der Waals surface area contributed by atoms with Crippen molar-refractivity contribution in [2.75, 3.05) is 0 Å². The van der Waals surface area contributed by atoms with Crippen molar-refractivity contribution in [1.82, 2.24) is 5.43 Å². The van der Waals surface area contributed by atoms with Crippen molar-refractivity contribution in [3.05, 3.63) is 33.3 Å². The molecule has 0 radical (unpaired) electrons. The number of benzene rings is 1. The topological polar surface area (TPSA) is 38.0 Å². The van der Waals surface area contributed by atoms with Crippen LogP contribution in [0.4, 0.5) is 0 Å². The molecule has 1 saturated carbocycles. The molecule has 1 aliphatic rings. The highest BCUT2D eigenvalue weighted by atomic mass is 79.9. The molecule has 4 heteroatoms. The lowest BCUT2D eigenvalue weighted by molar-refractivity contribution is 0.176. The average Bonchev–Trinajstić information content (AvgIpc) is 2.44. The fourth-order valence-electron chi connectivity index (χ4n) is 3.35. The zero-order valence-electron chi connectivity index (χ0n) is 11.3. The summed E-state index contributed by atoms with van der Waals surface area (Å²) in [7, 11) is 0. The van der Waals surface area contributed by atoms with Crippen molar-refractivity contribution in [3.63, 3.8) is 0 Å². The Balaban J connectivity index is 2.24. The van der Waals surface area contributed by atoms with Crippen molar-refractivity contribution < 1.29 is 0 Å². The summed E-state index contributed by atoms with van der Waals surface area (Å²) >= 11 is 9.57. The summed E-state index contributed by atoms with van der Waals surface area (Å²) in [5.74, 6) is 7.23. The Morgan fingerprint density at radius 1 is 1.42 bits per heavy atom. The largest absolute Gasteiger partial charge is 0.271 e.